The average molecular weight is 180 g/mol. The summed E-state index contributed by atoms with van der Waals surface area (Å²) in [6.45, 7) is 10.0. The summed E-state index contributed by atoms with van der Waals surface area (Å²) in [6.07, 6.45) is 12.2. The molecule has 0 spiro atoms. The quantitative estimate of drug-likeness (QED) is 0.351. The second-order valence-electron chi connectivity index (χ2n) is 3.74. The highest BCUT2D eigenvalue weighted by atomic mass is 14.0. The van der Waals surface area contributed by atoms with Gasteiger partial charge in [0.2, 0.25) is 0 Å². The van der Waals surface area contributed by atoms with E-state index >= 15 is 0 Å². The van der Waals surface area contributed by atoms with Crippen LogP contribution >= 0.6 is 0 Å². The van der Waals surface area contributed by atoms with E-state index in [1.165, 1.54) is 56.9 Å². The van der Waals surface area contributed by atoms with Gasteiger partial charge in [0.05, 0.1) is 0 Å². The Hall–Kier alpha value is -0.520. The highest BCUT2D eigenvalue weighted by molar-refractivity contribution is 4.93. The van der Waals surface area contributed by atoms with Crippen LogP contribution in [0.2, 0.25) is 0 Å². The SMILES string of the molecule is C=CCCCCCC(=C)CCCC. The molecular weight excluding hydrogens is 156 g/mol. The lowest BCUT2D eigenvalue weighted by molar-refractivity contribution is 0.661. The van der Waals surface area contributed by atoms with Crippen molar-refractivity contribution in [2.75, 3.05) is 0 Å². The van der Waals surface area contributed by atoms with Crippen LogP contribution in [-0.4, -0.2) is 0 Å². The molecule has 0 radical (unpaired) electrons. The Labute approximate surface area is 83.7 Å². The molecule has 0 saturated carbocycles. The predicted molar refractivity (Wildman–Crippen MR) is 61.9 cm³/mol. The molecule has 0 aromatic rings. The van der Waals surface area contributed by atoms with Gasteiger partial charge in [0.25, 0.3) is 0 Å². The van der Waals surface area contributed by atoms with Gasteiger partial charge in [0.15, 0.2) is 0 Å². The van der Waals surface area contributed by atoms with Gasteiger partial charge in [-0.15, -0.1) is 6.58 Å². The fraction of sp³-hybridized carbons (Fsp3) is 0.692. The zero-order chi connectivity index (χ0) is 9.94. The molecule has 0 aliphatic carbocycles. The fourth-order valence-corrected chi connectivity index (χ4v) is 1.39. The minimum Gasteiger partial charge on any atom is -0.103 e. The van der Waals surface area contributed by atoms with Crippen molar-refractivity contribution in [2.24, 2.45) is 0 Å². The van der Waals surface area contributed by atoms with Crippen molar-refractivity contribution in [3.63, 3.8) is 0 Å². The highest BCUT2D eigenvalue weighted by Gasteiger charge is 1.94. The summed E-state index contributed by atoms with van der Waals surface area (Å²) in [5.41, 5.74) is 1.44. The Bertz CT molecular complexity index is 133. The molecule has 0 rings (SSSR count). The molecule has 0 bridgehead atoms. The summed E-state index contributed by atoms with van der Waals surface area (Å²) in [4.78, 5) is 0. The van der Waals surface area contributed by atoms with Crippen molar-refractivity contribution in [2.45, 2.75) is 58.3 Å². The Kier molecular flexibility index (Phi) is 9.18. The van der Waals surface area contributed by atoms with Crippen molar-refractivity contribution >= 4 is 0 Å². The highest BCUT2D eigenvalue weighted by Crippen LogP contribution is 2.14. The first-order valence-corrected chi connectivity index (χ1v) is 5.58. The second-order valence-corrected chi connectivity index (χ2v) is 3.74. The molecule has 0 aliphatic heterocycles. The zero-order valence-corrected chi connectivity index (χ0v) is 9.15. The Balaban J connectivity index is 3.12. The normalized spacial score (nSPS) is 9.92. The van der Waals surface area contributed by atoms with Crippen LogP contribution in [0.4, 0.5) is 0 Å². The summed E-state index contributed by atoms with van der Waals surface area (Å²) in [5, 5.41) is 0. The maximum Gasteiger partial charge on any atom is -0.0323 e. The summed E-state index contributed by atoms with van der Waals surface area (Å²) in [6, 6.07) is 0. The molecule has 0 nitrogen and oxygen atoms in total. The lowest BCUT2D eigenvalue weighted by Crippen LogP contribution is -1.83. The minimum absolute atomic E-state index is 1.17. The second kappa shape index (κ2) is 9.57. The summed E-state index contributed by atoms with van der Waals surface area (Å²) in [5.74, 6) is 0. The van der Waals surface area contributed by atoms with Gasteiger partial charge in [0.1, 0.15) is 0 Å². The van der Waals surface area contributed by atoms with E-state index in [0.29, 0.717) is 0 Å². The van der Waals surface area contributed by atoms with Gasteiger partial charge in [-0.05, 0) is 38.5 Å². The van der Waals surface area contributed by atoms with E-state index in [9.17, 15) is 0 Å². The number of allylic oxidation sites excluding steroid dienone is 2. The van der Waals surface area contributed by atoms with Crippen LogP contribution < -0.4 is 0 Å². The van der Waals surface area contributed by atoms with Crippen molar-refractivity contribution in [3.05, 3.63) is 24.8 Å². The number of rotatable bonds is 9. The topological polar surface area (TPSA) is 0 Å². The zero-order valence-electron chi connectivity index (χ0n) is 9.15. The van der Waals surface area contributed by atoms with Gasteiger partial charge in [0, 0.05) is 0 Å². The van der Waals surface area contributed by atoms with Gasteiger partial charge >= 0.3 is 0 Å². The predicted octanol–water partition coefficient (Wildman–Crippen LogP) is 4.87. The Morgan fingerprint density at radius 1 is 1.08 bits per heavy atom. The lowest BCUT2D eigenvalue weighted by atomic mass is 10.0. The van der Waals surface area contributed by atoms with Gasteiger partial charge in [-0.25, -0.2) is 0 Å². The van der Waals surface area contributed by atoms with E-state index < -0.39 is 0 Å². The van der Waals surface area contributed by atoms with E-state index in [2.05, 4.69) is 20.1 Å². The molecule has 0 aliphatic rings. The molecule has 0 aromatic carbocycles. The summed E-state index contributed by atoms with van der Waals surface area (Å²) < 4.78 is 0. The maximum atomic E-state index is 4.09. The molecule has 0 N–H and O–H groups in total. The monoisotopic (exact) mass is 180 g/mol. The van der Waals surface area contributed by atoms with E-state index in [4.69, 9.17) is 0 Å². The third kappa shape index (κ3) is 9.39. The average Bonchev–Trinajstić information content (AvgIpc) is 2.14. The van der Waals surface area contributed by atoms with E-state index in [1.54, 1.807) is 0 Å². The van der Waals surface area contributed by atoms with Crippen molar-refractivity contribution in [1.29, 1.82) is 0 Å². The largest absolute Gasteiger partial charge is 0.103 e. The fourth-order valence-electron chi connectivity index (χ4n) is 1.39. The van der Waals surface area contributed by atoms with Crippen LogP contribution in [0.15, 0.2) is 24.8 Å². The minimum atomic E-state index is 1.17. The molecular formula is C13H24. The maximum absolute atomic E-state index is 4.09. The van der Waals surface area contributed by atoms with Crippen LogP contribution in [0.1, 0.15) is 58.3 Å². The first-order valence-electron chi connectivity index (χ1n) is 5.58. The smallest absolute Gasteiger partial charge is 0.0323 e. The van der Waals surface area contributed by atoms with Crippen molar-refractivity contribution in [1.82, 2.24) is 0 Å². The standard InChI is InChI=1S/C13H24/c1-4-6-8-9-10-12-13(3)11-7-5-2/h4H,1,3,5-12H2,2H3. The third-order valence-electron chi connectivity index (χ3n) is 2.32. The molecule has 0 fully saturated rings. The summed E-state index contributed by atoms with van der Waals surface area (Å²) in [7, 11) is 0. The molecule has 0 atom stereocenters. The molecule has 13 heavy (non-hydrogen) atoms. The Morgan fingerprint density at radius 3 is 2.38 bits per heavy atom. The summed E-state index contributed by atoms with van der Waals surface area (Å²) >= 11 is 0. The number of hydrogen-bond acceptors (Lipinski definition) is 0. The van der Waals surface area contributed by atoms with Gasteiger partial charge in [-0.1, -0.05) is 38.0 Å². The molecule has 0 unspecified atom stereocenters. The number of hydrogen-bond donors (Lipinski definition) is 0. The van der Waals surface area contributed by atoms with Gasteiger partial charge < -0.3 is 0 Å². The molecule has 0 aromatic heterocycles. The van der Waals surface area contributed by atoms with Crippen LogP contribution in [-0.2, 0) is 0 Å². The van der Waals surface area contributed by atoms with Gasteiger partial charge in [-0.3, -0.25) is 0 Å². The van der Waals surface area contributed by atoms with Crippen LogP contribution in [0.5, 0.6) is 0 Å². The van der Waals surface area contributed by atoms with E-state index in [1.807, 2.05) is 6.08 Å². The van der Waals surface area contributed by atoms with Crippen LogP contribution in [0.25, 0.3) is 0 Å². The van der Waals surface area contributed by atoms with E-state index in [-0.39, 0.29) is 0 Å². The first kappa shape index (κ1) is 12.5. The Morgan fingerprint density at radius 2 is 1.77 bits per heavy atom. The van der Waals surface area contributed by atoms with Crippen molar-refractivity contribution < 1.29 is 0 Å². The molecule has 0 amide bonds. The first-order chi connectivity index (χ1) is 6.31. The molecule has 0 heterocycles. The van der Waals surface area contributed by atoms with Crippen LogP contribution in [0.3, 0.4) is 0 Å². The molecule has 0 heteroatoms. The van der Waals surface area contributed by atoms with Gasteiger partial charge in [-0.2, -0.15) is 0 Å². The third-order valence-corrected chi connectivity index (χ3v) is 2.32. The van der Waals surface area contributed by atoms with Crippen LogP contribution in [0, 0.1) is 0 Å². The lowest BCUT2D eigenvalue weighted by Gasteiger charge is -2.03. The molecule has 0 saturated heterocycles. The van der Waals surface area contributed by atoms with Crippen molar-refractivity contribution in [3.8, 4) is 0 Å². The number of unbranched alkanes of at least 4 members (excludes halogenated alkanes) is 4. The van der Waals surface area contributed by atoms with E-state index in [0.717, 1.165) is 0 Å². The molecule has 76 valence electrons.